The Hall–Kier alpha value is -0.710. The van der Waals surface area contributed by atoms with E-state index in [0.29, 0.717) is 45.0 Å². The van der Waals surface area contributed by atoms with Gasteiger partial charge < -0.3 is 29.7 Å². The van der Waals surface area contributed by atoms with E-state index < -0.39 is 25.4 Å². The van der Waals surface area contributed by atoms with E-state index >= 15 is 0 Å². The summed E-state index contributed by atoms with van der Waals surface area (Å²) in [5.41, 5.74) is 0.601. The molecule has 150 valence electrons. The number of hydrogen-bond acceptors (Lipinski definition) is 7. The van der Waals surface area contributed by atoms with Gasteiger partial charge in [-0.15, -0.1) is 0 Å². The van der Waals surface area contributed by atoms with E-state index in [1.807, 2.05) is 0 Å². The van der Waals surface area contributed by atoms with Crippen LogP contribution < -0.4 is 10.6 Å². The molecule has 2 rings (SSSR count). The highest BCUT2D eigenvalue weighted by Gasteiger charge is 2.31. The van der Waals surface area contributed by atoms with Gasteiger partial charge in [-0.3, -0.25) is 9.46 Å². The van der Waals surface area contributed by atoms with E-state index in [2.05, 4.69) is 10.6 Å². The number of amides is 2. The Morgan fingerprint density at radius 3 is 2.88 bits per heavy atom. The number of aliphatic hydroxyl groups excluding tert-OH is 1. The first-order valence-corrected chi connectivity index (χ1v) is 10.8. The van der Waals surface area contributed by atoms with Gasteiger partial charge in [0.1, 0.15) is 6.23 Å². The highest BCUT2D eigenvalue weighted by atomic mass is 35.7. The molecule has 0 radical (unpaired) electrons. The second-order valence-electron chi connectivity index (χ2n) is 5.88. The van der Waals surface area contributed by atoms with Crippen molar-refractivity contribution in [1.82, 2.24) is 20.2 Å². The van der Waals surface area contributed by atoms with Gasteiger partial charge in [-0.25, -0.2) is 9.46 Å². The molecule has 0 spiro atoms. The Morgan fingerprint density at radius 2 is 2.23 bits per heavy atom. The van der Waals surface area contributed by atoms with Crippen LogP contribution in [0.15, 0.2) is 11.8 Å². The number of nitrogens with zero attached hydrogens (tertiary/aromatic N) is 2. The normalized spacial score (nSPS) is 25.4. The highest BCUT2D eigenvalue weighted by molar-refractivity contribution is 7.83. The molecule has 0 aromatic carbocycles. The highest BCUT2D eigenvalue weighted by Crippen LogP contribution is 2.55. The van der Waals surface area contributed by atoms with Crippen molar-refractivity contribution in [3.05, 3.63) is 11.8 Å². The maximum absolute atomic E-state index is 12.3. The van der Waals surface area contributed by atoms with E-state index in [9.17, 15) is 14.5 Å². The zero-order valence-corrected chi connectivity index (χ0v) is 16.5. The number of hydrogen-bond donors (Lipinski definition) is 3. The summed E-state index contributed by atoms with van der Waals surface area (Å²) in [5, 5.41) is 15.1. The van der Waals surface area contributed by atoms with Crippen molar-refractivity contribution in [3.63, 3.8) is 0 Å². The second-order valence-corrected chi connectivity index (χ2v) is 8.89. The summed E-state index contributed by atoms with van der Waals surface area (Å²) in [4.78, 5) is 13.3. The van der Waals surface area contributed by atoms with E-state index in [0.717, 1.165) is 0 Å². The van der Waals surface area contributed by atoms with E-state index in [1.165, 1.54) is 12.0 Å². The van der Waals surface area contributed by atoms with Crippen LogP contribution in [-0.4, -0.2) is 86.3 Å². The van der Waals surface area contributed by atoms with Crippen LogP contribution in [0.25, 0.3) is 0 Å². The van der Waals surface area contributed by atoms with Crippen molar-refractivity contribution in [1.29, 1.82) is 0 Å². The maximum atomic E-state index is 12.3. The lowest BCUT2D eigenvalue weighted by molar-refractivity contribution is 0.00668. The quantitative estimate of drug-likeness (QED) is 0.370. The third-order valence-electron chi connectivity index (χ3n) is 4.02. The fraction of sp³-hybridized carbons (Fsp3) is 0.786. The van der Waals surface area contributed by atoms with Crippen molar-refractivity contribution < 1.29 is 28.5 Å². The molecule has 0 aromatic rings. The topological polar surface area (TPSA) is 113 Å². The molecule has 3 atom stereocenters. The van der Waals surface area contributed by atoms with E-state index in [4.69, 9.17) is 25.2 Å². The molecule has 0 aliphatic carbocycles. The van der Waals surface area contributed by atoms with Gasteiger partial charge in [0.2, 0.25) is 0 Å². The maximum Gasteiger partial charge on any atom is 0.363 e. The summed E-state index contributed by atoms with van der Waals surface area (Å²) in [5.74, 6) is 0. The number of urea groups is 1. The van der Waals surface area contributed by atoms with Crippen LogP contribution in [0.1, 0.15) is 6.92 Å². The summed E-state index contributed by atoms with van der Waals surface area (Å²) in [6.07, 6.45) is -0.0171. The van der Waals surface area contributed by atoms with Crippen molar-refractivity contribution in [2.75, 3.05) is 53.1 Å². The van der Waals surface area contributed by atoms with Gasteiger partial charge in [-0.2, -0.15) is 0 Å². The van der Waals surface area contributed by atoms with Crippen LogP contribution in [0.2, 0.25) is 0 Å². The minimum absolute atomic E-state index is 0.147. The molecule has 2 heterocycles. The first kappa shape index (κ1) is 21.6. The van der Waals surface area contributed by atoms with Crippen molar-refractivity contribution in [2.24, 2.45) is 0 Å². The van der Waals surface area contributed by atoms with Gasteiger partial charge in [-0.1, -0.05) is 0 Å². The van der Waals surface area contributed by atoms with Gasteiger partial charge in [-0.05, 0) is 23.7 Å². The predicted molar refractivity (Wildman–Crippen MR) is 95.6 cm³/mol. The van der Waals surface area contributed by atoms with Crippen LogP contribution in [0.3, 0.4) is 0 Å². The molecule has 2 aliphatic rings. The SMILES string of the molecule is COC(CNCCOP(=O)(Cl)N1CCOCC1)N1C=C(C)C(O)NC1=O. The van der Waals surface area contributed by atoms with Crippen molar-refractivity contribution >= 4 is 24.1 Å². The van der Waals surface area contributed by atoms with Gasteiger partial charge in [0.05, 0.1) is 19.8 Å². The molecule has 1 fully saturated rings. The lowest BCUT2D eigenvalue weighted by atomic mass is 10.2. The molecule has 10 nitrogen and oxygen atoms in total. The van der Waals surface area contributed by atoms with Gasteiger partial charge in [0, 0.05) is 39.5 Å². The van der Waals surface area contributed by atoms with Crippen LogP contribution in [0.5, 0.6) is 0 Å². The number of aliphatic hydroxyl groups is 1. The first-order chi connectivity index (χ1) is 12.3. The zero-order chi connectivity index (χ0) is 19.2. The molecule has 0 saturated carbocycles. The fourth-order valence-electron chi connectivity index (χ4n) is 2.49. The van der Waals surface area contributed by atoms with Gasteiger partial charge in [0.25, 0.3) is 0 Å². The van der Waals surface area contributed by atoms with Gasteiger partial charge >= 0.3 is 12.9 Å². The minimum Gasteiger partial charge on any atom is -0.379 e. The Balaban J connectivity index is 1.74. The molecule has 0 bridgehead atoms. The third kappa shape index (κ3) is 5.90. The lowest BCUT2D eigenvalue weighted by Crippen LogP contribution is -2.54. The molecule has 1 saturated heterocycles. The van der Waals surface area contributed by atoms with E-state index in [1.54, 1.807) is 17.8 Å². The molecule has 2 aliphatic heterocycles. The standard InChI is InChI=1S/C14H26ClN4O6P/c1-11-10-19(14(21)17-13(11)20)12(23-2)9-16-3-6-25-26(15,22)18-4-7-24-8-5-18/h10,12-13,16,20H,3-9H2,1-2H3,(H,17,21). The largest absolute Gasteiger partial charge is 0.379 e. The molecule has 12 heteroatoms. The number of methoxy groups -OCH3 is 1. The average molecular weight is 413 g/mol. The van der Waals surface area contributed by atoms with E-state index in [-0.39, 0.29) is 6.61 Å². The third-order valence-corrected chi connectivity index (χ3v) is 6.54. The number of nitrogens with one attached hydrogen (secondary N) is 2. The summed E-state index contributed by atoms with van der Waals surface area (Å²) in [6.45, 7) is 1.10. The molecule has 2 amide bonds. The molecule has 0 aromatic heterocycles. The number of carbonyl (C=O) groups excluding carboxylic acids is 1. The lowest BCUT2D eigenvalue weighted by Gasteiger charge is -2.33. The number of carbonyl (C=O) groups is 1. The number of rotatable bonds is 9. The predicted octanol–water partition coefficient (Wildman–Crippen LogP) is 0.492. The summed E-state index contributed by atoms with van der Waals surface area (Å²) < 4.78 is 29.8. The minimum atomic E-state index is -3.35. The number of morpholine rings is 1. The molecule has 26 heavy (non-hydrogen) atoms. The summed E-state index contributed by atoms with van der Waals surface area (Å²) in [7, 11) is 1.48. The molecule has 3 N–H and O–H groups in total. The van der Waals surface area contributed by atoms with Crippen LogP contribution in [0.4, 0.5) is 4.79 Å². The van der Waals surface area contributed by atoms with Crippen LogP contribution in [-0.2, 0) is 18.6 Å². The molecular weight excluding hydrogens is 387 g/mol. The number of ether oxygens (including phenoxy) is 2. The zero-order valence-electron chi connectivity index (χ0n) is 14.9. The Bertz CT molecular complexity index is 560. The number of halogens is 1. The summed E-state index contributed by atoms with van der Waals surface area (Å²) >= 11 is 6.01. The Kier molecular flexibility index (Phi) is 8.31. The van der Waals surface area contributed by atoms with Crippen LogP contribution in [0, 0.1) is 0 Å². The smallest absolute Gasteiger partial charge is 0.363 e. The van der Waals surface area contributed by atoms with Gasteiger partial charge in [0.15, 0.2) is 6.23 Å². The molecule has 3 unspecified atom stereocenters. The van der Waals surface area contributed by atoms with Crippen LogP contribution >= 0.6 is 18.1 Å². The summed E-state index contributed by atoms with van der Waals surface area (Å²) in [6, 6.07) is -0.453. The second kappa shape index (κ2) is 10.0. The fourth-order valence-corrected chi connectivity index (χ4v) is 4.27. The average Bonchev–Trinajstić information content (AvgIpc) is 2.62. The molecular formula is C14H26ClN4O6P. The van der Waals surface area contributed by atoms with Crippen molar-refractivity contribution in [3.8, 4) is 0 Å². The van der Waals surface area contributed by atoms with Crippen molar-refractivity contribution in [2.45, 2.75) is 19.4 Å². The Labute approximate surface area is 157 Å². The Morgan fingerprint density at radius 1 is 1.54 bits per heavy atom. The first-order valence-electron chi connectivity index (χ1n) is 8.31. The monoisotopic (exact) mass is 412 g/mol.